The van der Waals surface area contributed by atoms with Gasteiger partial charge in [0.2, 0.25) is 11.8 Å². The summed E-state index contributed by atoms with van der Waals surface area (Å²) in [6.07, 6.45) is 1.33. The van der Waals surface area contributed by atoms with Gasteiger partial charge in [0.1, 0.15) is 0 Å². The lowest BCUT2D eigenvalue weighted by atomic mass is 9.96. The first-order chi connectivity index (χ1) is 7.09. The highest BCUT2D eigenvalue weighted by Crippen LogP contribution is 2.25. The molecule has 0 radical (unpaired) electrons. The summed E-state index contributed by atoms with van der Waals surface area (Å²) >= 11 is 0. The molecule has 4 heteroatoms. The van der Waals surface area contributed by atoms with Crippen LogP contribution in [0.25, 0.3) is 0 Å². The number of hydrogen-bond donors (Lipinski definition) is 1. The van der Waals surface area contributed by atoms with Gasteiger partial charge in [-0.25, -0.2) is 0 Å². The molecular weight excluding hydrogens is 192 g/mol. The first-order valence-corrected chi connectivity index (χ1v) is 5.66. The van der Waals surface area contributed by atoms with Crippen molar-refractivity contribution in [3.8, 4) is 0 Å². The molecule has 3 unspecified atom stereocenters. The Morgan fingerprint density at radius 2 is 2.00 bits per heavy atom. The fourth-order valence-electron chi connectivity index (χ4n) is 2.52. The fraction of sp³-hybridized carbons (Fsp3) is 0.818. The third-order valence-electron chi connectivity index (χ3n) is 3.32. The van der Waals surface area contributed by atoms with E-state index in [9.17, 15) is 9.59 Å². The van der Waals surface area contributed by atoms with Gasteiger partial charge in [-0.3, -0.25) is 14.5 Å². The minimum Gasteiger partial charge on any atom is -0.314 e. The molecule has 2 rings (SSSR count). The Labute approximate surface area is 90.0 Å². The van der Waals surface area contributed by atoms with Gasteiger partial charge in [-0.15, -0.1) is 0 Å². The summed E-state index contributed by atoms with van der Waals surface area (Å²) in [4.78, 5) is 25.0. The molecule has 0 aromatic rings. The van der Waals surface area contributed by atoms with Crippen molar-refractivity contribution in [1.29, 1.82) is 0 Å². The Balaban J connectivity index is 2.09. The van der Waals surface area contributed by atoms with Gasteiger partial charge >= 0.3 is 0 Å². The molecule has 0 saturated carbocycles. The van der Waals surface area contributed by atoms with Crippen LogP contribution in [-0.4, -0.2) is 35.8 Å². The molecular formula is C11H18N2O2. The summed E-state index contributed by atoms with van der Waals surface area (Å²) < 4.78 is 0. The predicted octanol–water partition coefficient (Wildman–Crippen LogP) is 0.379. The second-order valence-corrected chi connectivity index (χ2v) is 4.86. The van der Waals surface area contributed by atoms with E-state index in [1.165, 1.54) is 4.90 Å². The van der Waals surface area contributed by atoms with Crippen molar-refractivity contribution in [2.24, 2.45) is 11.8 Å². The summed E-state index contributed by atoms with van der Waals surface area (Å²) in [5, 5.41) is 3.27. The van der Waals surface area contributed by atoms with Gasteiger partial charge < -0.3 is 5.32 Å². The lowest BCUT2D eigenvalue weighted by Gasteiger charge is -2.33. The zero-order chi connectivity index (χ0) is 11.0. The van der Waals surface area contributed by atoms with Crippen LogP contribution in [-0.2, 0) is 9.59 Å². The van der Waals surface area contributed by atoms with Crippen molar-refractivity contribution in [3.63, 3.8) is 0 Å². The van der Waals surface area contributed by atoms with Gasteiger partial charge in [0.25, 0.3) is 0 Å². The number of nitrogens with one attached hydrogen (secondary N) is 1. The third kappa shape index (κ3) is 1.91. The number of carbonyl (C=O) groups is 2. The highest BCUT2D eigenvalue weighted by Gasteiger charge is 2.40. The van der Waals surface area contributed by atoms with E-state index in [2.05, 4.69) is 12.2 Å². The Morgan fingerprint density at radius 1 is 1.27 bits per heavy atom. The molecule has 0 bridgehead atoms. The van der Waals surface area contributed by atoms with Crippen LogP contribution in [0.1, 0.15) is 26.7 Å². The number of imide groups is 1. The second-order valence-electron chi connectivity index (χ2n) is 4.86. The van der Waals surface area contributed by atoms with Crippen molar-refractivity contribution >= 4 is 11.8 Å². The maximum absolute atomic E-state index is 11.8. The Bertz CT molecular complexity index is 290. The Morgan fingerprint density at radius 3 is 2.53 bits per heavy atom. The highest BCUT2D eigenvalue weighted by molar-refractivity contribution is 6.03. The number of hydrogen-bond acceptors (Lipinski definition) is 3. The predicted molar refractivity (Wildman–Crippen MR) is 56.1 cm³/mol. The topological polar surface area (TPSA) is 49.4 Å². The molecule has 15 heavy (non-hydrogen) atoms. The molecule has 2 saturated heterocycles. The van der Waals surface area contributed by atoms with Crippen molar-refractivity contribution in [1.82, 2.24) is 10.2 Å². The van der Waals surface area contributed by atoms with E-state index in [-0.39, 0.29) is 23.8 Å². The number of piperidine rings is 1. The van der Waals surface area contributed by atoms with E-state index >= 15 is 0 Å². The summed E-state index contributed by atoms with van der Waals surface area (Å²) in [6, 6.07) is 0.0821. The van der Waals surface area contributed by atoms with E-state index in [0.717, 1.165) is 19.5 Å². The van der Waals surface area contributed by atoms with E-state index in [0.29, 0.717) is 12.3 Å². The molecule has 2 aliphatic heterocycles. The van der Waals surface area contributed by atoms with Gasteiger partial charge in [-0.1, -0.05) is 13.8 Å². The summed E-state index contributed by atoms with van der Waals surface area (Å²) in [7, 11) is 0. The quantitative estimate of drug-likeness (QED) is 0.636. The van der Waals surface area contributed by atoms with Crippen LogP contribution in [0.4, 0.5) is 0 Å². The second kappa shape index (κ2) is 3.93. The number of amides is 2. The van der Waals surface area contributed by atoms with Crippen LogP contribution < -0.4 is 5.32 Å². The van der Waals surface area contributed by atoms with Crippen LogP contribution >= 0.6 is 0 Å². The zero-order valence-electron chi connectivity index (χ0n) is 9.32. The average Bonchev–Trinajstić information content (AvgIpc) is 2.41. The fourth-order valence-corrected chi connectivity index (χ4v) is 2.52. The normalized spacial score (nSPS) is 37.5. The minimum atomic E-state index is -0.116. The molecule has 3 atom stereocenters. The maximum atomic E-state index is 11.8. The standard InChI is InChI=1S/C11H18N2O2/c1-7-3-9(6-12-5-7)13-10(14)4-8(2)11(13)15/h7-9,12H,3-6H2,1-2H3. The first kappa shape index (κ1) is 10.6. The van der Waals surface area contributed by atoms with Crippen molar-refractivity contribution < 1.29 is 9.59 Å². The molecule has 0 aromatic heterocycles. The van der Waals surface area contributed by atoms with Crippen LogP contribution in [0, 0.1) is 11.8 Å². The smallest absolute Gasteiger partial charge is 0.232 e. The van der Waals surface area contributed by atoms with Gasteiger partial charge in [0, 0.05) is 18.9 Å². The van der Waals surface area contributed by atoms with E-state index in [1.807, 2.05) is 6.92 Å². The number of nitrogens with zero attached hydrogens (tertiary/aromatic N) is 1. The lowest BCUT2D eigenvalue weighted by Crippen LogP contribution is -2.50. The van der Waals surface area contributed by atoms with Crippen molar-refractivity contribution in [2.45, 2.75) is 32.7 Å². The molecule has 0 aliphatic carbocycles. The minimum absolute atomic E-state index is 0.00778. The number of rotatable bonds is 1. The van der Waals surface area contributed by atoms with Gasteiger partial charge in [0.15, 0.2) is 0 Å². The van der Waals surface area contributed by atoms with Crippen LogP contribution in [0.15, 0.2) is 0 Å². The van der Waals surface area contributed by atoms with E-state index < -0.39 is 0 Å². The van der Waals surface area contributed by atoms with Crippen LogP contribution in [0.2, 0.25) is 0 Å². The molecule has 2 heterocycles. The largest absolute Gasteiger partial charge is 0.314 e. The summed E-state index contributed by atoms with van der Waals surface area (Å²) in [5.41, 5.74) is 0. The van der Waals surface area contributed by atoms with Crippen LogP contribution in [0.5, 0.6) is 0 Å². The van der Waals surface area contributed by atoms with Crippen LogP contribution in [0.3, 0.4) is 0 Å². The third-order valence-corrected chi connectivity index (χ3v) is 3.32. The van der Waals surface area contributed by atoms with Crippen molar-refractivity contribution in [2.75, 3.05) is 13.1 Å². The first-order valence-electron chi connectivity index (χ1n) is 5.66. The SMILES string of the molecule is CC1CNCC(N2C(=O)CC(C)C2=O)C1. The summed E-state index contributed by atoms with van der Waals surface area (Å²) in [5.74, 6) is 0.448. The lowest BCUT2D eigenvalue weighted by molar-refractivity contribution is -0.142. The Kier molecular flexibility index (Phi) is 2.78. The highest BCUT2D eigenvalue weighted by atomic mass is 16.2. The number of carbonyl (C=O) groups excluding carboxylic acids is 2. The molecule has 4 nitrogen and oxygen atoms in total. The van der Waals surface area contributed by atoms with Gasteiger partial charge in [-0.05, 0) is 18.9 Å². The van der Waals surface area contributed by atoms with Gasteiger partial charge in [-0.2, -0.15) is 0 Å². The molecule has 84 valence electrons. The number of likely N-dealkylation sites (tertiary alicyclic amines) is 1. The molecule has 0 spiro atoms. The molecule has 2 fully saturated rings. The molecule has 0 aromatic carbocycles. The zero-order valence-corrected chi connectivity index (χ0v) is 9.32. The summed E-state index contributed by atoms with van der Waals surface area (Å²) in [6.45, 7) is 5.73. The van der Waals surface area contributed by atoms with Gasteiger partial charge in [0.05, 0.1) is 6.04 Å². The van der Waals surface area contributed by atoms with Crippen molar-refractivity contribution in [3.05, 3.63) is 0 Å². The molecule has 1 N–H and O–H groups in total. The van der Waals surface area contributed by atoms with E-state index in [4.69, 9.17) is 0 Å². The maximum Gasteiger partial charge on any atom is 0.232 e. The molecule has 2 amide bonds. The average molecular weight is 210 g/mol. The van der Waals surface area contributed by atoms with E-state index in [1.54, 1.807) is 0 Å². The molecule has 2 aliphatic rings. The monoisotopic (exact) mass is 210 g/mol. The Hall–Kier alpha value is -0.900.